The minimum absolute atomic E-state index is 0.580. The second kappa shape index (κ2) is 8.13. The first-order chi connectivity index (χ1) is 8.67. The highest BCUT2D eigenvalue weighted by Crippen LogP contribution is 2.23. The van der Waals surface area contributed by atoms with E-state index in [1.165, 1.54) is 45.3 Å². The van der Waals surface area contributed by atoms with Gasteiger partial charge in [-0.3, -0.25) is 4.90 Å². The van der Waals surface area contributed by atoms with Crippen molar-refractivity contribution in [3.63, 3.8) is 0 Å². The van der Waals surface area contributed by atoms with Crippen LogP contribution in [0.25, 0.3) is 0 Å². The molecule has 0 amide bonds. The van der Waals surface area contributed by atoms with Gasteiger partial charge in [0.15, 0.2) is 0 Å². The third-order valence-corrected chi connectivity index (χ3v) is 4.68. The van der Waals surface area contributed by atoms with E-state index in [1.807, 2.05) is 0 Å². The number of nitrogens with two attached hydrogens (primary N) is 1. The standard InChI is InChI=1S/C15H33N3/c1-5-13(6-2)15(11-16)18-10-8-9-17(4)12-14(18)7-3/h13-15H,5-12,16H2,1-4H3. The van der Waals surface area contributed by atoms with Crippen LogP contribution in [0.2, 0.25) is 0 Å². The molecule has 3 heteroatoms. The summed E-state index contributed by atoms with van der Waals surface area (Å²) in [6.45, 7) is 11.4. The molecule has 1 heterocycles. The summed E-state index contributed by atoms with van der Waals surface area (Å²) in [4.78, 5) is 5.20. The van der Waals surface area contributed by atoms with Crippen molar-refractivity contribution in [3.8, 4) is 0 Å². The van der Waals surface area contributed by atoms with E-state index in [2.05, 4.69) is 37.6 Å². The minimum Gasteiger partial charge on any atom is -0.329 e. The van der Waals surface area contributed by atoms with Crippen molar-refractivity contribution in [2.24, 2.45) is 11.7 Å². The molecule has 0 aromatic rings. The zero-order valence-corrected chi connectivity index (χ0v) is 12.9. The van der Waals surface area contributed by atoms with Crippen LogP contribution in [0.3, 0.4) is 0 Å². The maximum atomic E-state index is 6.10. The van der Waals surface area contributed by atoms with Crippen molar-refractivity contribution in [3.05, 3.63) is 0 Å². The van der Waals surface area contributed by atoms with Gasteiger partial charge in [-0.25, -0.2) is 0 Å². The fraction of sp³-hybridized carbons (Fsp3) is 1.00. The minimum atomic E-state index is 0.580. The molecular formula is C15H33N3. The molecule has 0 bridgehead atoms. The molecule has 1 fully saturated rings. The van der Waals surface area contributed by atoms with Gasteiger partial charge in [-0.2, -0.15) is 0 Å². The van der Waals surface area contributed by atoms with Crippen LogP contribution in [-0.4, -0.2) is 55.1 Å². The number of rotatable bonds is 6. The molecule has 2 atom stereocenters. The van der Waals surface area contributed by atoms with Crippen LogP contribution >= 0.6 is 0 Å². The molecule has 1 aliphatic rings. The van der Waals surface area contributed by atoms with Gasteiger partial charge in [-0.1, -0.05) is 33.6 Å². The Kier molecular flexibility index (Phi) is 7.20. The van der Waals surface area contributed by atoms with Gasteiger partial charge in [0.05, 0.1) is 0 Å². The molecule has 0 aliphatic carbocycles. The summed E-state index contributed by atoms with van der Waals surface area (Å²) in [6.07, 6.45) is 5.02. The van der Waals surface area contributed by atoms with Crippen molar-refractivity contribution in [2.75, 3.05) is 33.2 Å². The Labute approximate surface area is 114 Å². The van der Waals surface area contributed by atoms with Crippen LogP contribution in [-0.2, 0) is 0 Å². The highest BCUT2D eigenvalue weighted by molar-refractivity contribution is 4.87. The van der Waals surface area contributed by atoms with E-state index in [0.717, 1.165) is 12.5 Å². The average molecular weight is 255 g/mol. The Morgan fingerprint density at radius 2 is 1.83 bits per heavy atom. The summed E-state index contributed by atoms with van der Waals surface area (Å²) in [5.41, 5.74) is 6.10. The highest BCUT2D eigenvalue weighted by Gasteiger charge is 2.30. The van der Waals surface area contributed by atoms with E-state index in [9.17, 15) is 0 Å². The van der Waals surface area contributed by atoms with Gasteiger partial charge in [0.25, 0.3) is 0 Å². The smallest absolute Gasteiger partial charge is 0.0249 e. The summed E-state index contributed by atoms with van der Waals surface area (Å²) < 4.78 is 0. The maximum absolute atomic E-state index is 6.10. The lowest BCUT2D eigenvalue weighted by atomic mass is 9.91. The molecule has 0 aromatic heterocycles. The molecule has 0 radical (unpaired) electrons. The summed E-state index contributed by atoms with van der Waals surface area (Å²) in [5.74, 6) is 0.757. The molecular weight excluding hydrogens is 222 g/mol. The zero-order chi connectivity index (χ0) is 13.5. The highest BCUT2D eigenvalue weighted by atomic mass is 15.3. The number of hydrogen-bond donors (Lipinski definition) is 1. The van der Waals surface area contributed by atoms with Crippen LogP contribution in [0.5, 0.6) is 0 Å². The lowest BCUT2D eigenvalue weighted by molar-refractivity contribution is 0.0889. The van der Waals surface area contributed by atoms with E-state index in [1.54, 1.807) is 0 Å². The third-order valence-electron chi connectivity index (χ3n) is 4.68. The molecule has 2 unspecified atom stereocenters. The fourth-order valence-corrected chi connectivity index (χ4v) is 3.49. The van der Waals surface area contributed by atoms with Gasteiger partial charge in [0.2, 0.25) is 0 Å². The Hall–Kier alpha value is -0.120. The van der Waals surface area contributed by atoms with Gasteiger partial charge in [-0.05, 0) is 32.4 Å². The fourth-order valence-electron chi connectivity index (χ4n) is 3.49. The summed E-state index contributed by atoms with van der Waals surface area (Å²) >= 11 is 0. The van der Waals surface area contributed by atoms with Crippen LogP contribution in [0.4, 0.5) is 0 Å². The lowest BCUT2D eigenvalue weighted by Gasteiger charge is -2.40. The number of hydrogen-bond acceptors (Lipinski definition) is 3. The lowest BCUT2D eigenvalue weighted by Crippen LogP contribution is -2.52. The zero-order valence-electron chi connectivity index (χ0n) is 12.9. The predicted octanol–water partition coefficient (Wildman–Crippen LogP) is 2.17. The molecule has 1 aliphatic heterocycles. The van der Waals surface area contributed by atoms with Gasteiger partial charge < -0.3 is 10.6 Å². The largest absolute Gasteiger partial charge is 0.329 e. The summed E-state index contributed by atoms with van der Waals surface area (Å²) in [6, 6.07) is 1.27. The first kappa shape index (κ1) is 15.9. The first-order valence-corrected chi connectivity index (χ1v) is 7.82. The van der Waals surface area contributed by atoms with E-state index in [4.69, 9.17) is 5.73 Å². The maximum Gasteiger partial charge on any atom is 0.0249 e. The van der Waals surface area contributed by atoms with Gasteiger partial charge in [0, 0.05) is 31.7 Å². The molecule has 1 rings (SSSR count). The van der Waals surface area contributed by atoms with E-state index in [-0.39, 0.29) is 0 Å². The van der Waals surface area contributed by atoms with E-state index >= 15 is 0 Å². The predicted molar refractivity (Wildman–Crippen MR) is 79.8 cm³/mol. The van der Waals surface area contributed by atoms with E-state index in [0.29, 0.717) is 12.1 Å². The topological polar surface area (TPSA) is 32.5 Å². The molecule has 0 aromatic carbocycles. The molecule has 18 heavy (non-hydrogen) atoms. The van der Waals surface area contributed by atoms with Gasteiger partial charge >= 0.3 is 0 Å². The van der Waals surface area contributed by atoms with Crippen molar-refractivity contribution < 1.29 is 0 Å². The normalized spacial score (nSPS) is 25.3. The number of likely N-dealkylation sites (N-methyl/N-ethyl adjacent to an activating group) is 1. The Balaban J connectivity index is 2.79. The molecule has 0 saturated carbocycles. The molecule has 3 nitrogen and oxygen atoms in total. The van der Waals surface area contributed by atoms with Crippen molar-refractivity contribution in [2.45, 2.75) is 58.5 Å². The van der Waals surface area contributed by atoms with Crippen molar-refractivity contribution in [1.82, 2.24) is 9.80 Å². The van der Waals surface area contributed by atoms with Crippen LogP contribution in [0.15, 0.2) is 0 Å². The molecule has 2 N–H and O–H groups in total. The monoisotopic (exact) mass is 255 g/mol. The first-order valence-electron chi connectivity index (χ1n) is 7.82. The summed E-state index contributed by atoms with van der Waals surface area (Å²) in [5, 5.41) is 0. The van der Waals surface area contributed by atoms with Gasteiger partial charge in [0.1, 0.15) is 0 Å². The van der Waals surface area contributed by atoms with Crippen LogP contribution in [0.1, 0.15) is 46.5 Å². The Morgan fingerprint density at radius 3 is 2.33 bits per heavy atom. The molecule has 1 saturated heterocycles. The Bertz CT molecular complexity index is 216. The molecule has 108 valence electrons. The van der Waals surface area contributed by atoms with Crippen molar-refractivity contribution in [1.29, 1.82) is 0 Å². The average Bonchev–Trinajstić information content (AvgIpc) is 2.57. The SMILES string of the molecule is CCC(CC)C(CN)N1CCCN(C)CC1CC. The second-order valence-electron chi connectivity index (χ2n) is 5.80. The summed E-state index contributed by atoms with van der Waals surface area (Å²) in [7, 11) is 2.25. The molecule has 0 spiro atoms. The third kappa shape index (κ3) is 3.94. The quantitative estimate of drug-likeness (QED) is 0.789. The van der Waals surface area contributed by atoms with E-state index < -0.39 is 0 Å². The van der Waals surface area contributed by atoms with Crippen LogP contribution in [0, 0.1) is 5.92 Å². The second-order valence-corrected chi connectivity index (χ2v) is 5.80. The van der Waals surface area contributed by atoms with Crippen molar-refractivity contribution >= 4 is 0 Å². The van der Waals surface area contributed by atoms with Gasteiger partial charge in [-0.15, -0.1) is 0 Å². The Morgan fingerprint density at radius 1 is 1.17 bits per heavy atom. The van der Waals surface area contributed by atoms with Crippen LogP contribution < -0.4 is 5.73 Å². The number of nitrogens with zero attached hydrogens (tertiary/aromatic N) is 2.